The van der Waals surface area contributed by atoms with E-state index >= 15 is 0 Å². The van der Waals surface area contributed by atoms with E-state index in [0.717, 1.165) is 11.1 Å². The normalized spacial score (nSPS) is 10.7. The lowest BCUT2D eigenvalue weighted by Crippen LogP contribution is -2.17. The number of ether oxygens (including phenoxy) is 1. The lowest BCUT2D eigenvalue weighted by Gasteiger charge is -2.10. The summed E-state index contributed by atoms with van der Waals surface area (Å²) in [5.41, 5.74) is 2.28. The van der Waals surface area contributed by atoms with E-state index in [1.165, 1.54) is 18.1 Å². The van der Waals surface area contributed by atoms with Crippen LogP contribution in [0.3, 0.4) is 0 Å². The summed E-state index contributed by atoms with van der Waals surface area (Å²) in [6.07, 6.45) is 3.15. The molecule has 0 bridgehead atoms. The number of nitrogens with zero attached hydrogens (tertiary/aromatic N) is 4. The van der Waals surface area contributed by atoms with Gasteiger partial charge in [-0.1, -0.05) is 42.1 Å². The second kappa shape index (κ2) is 9.40. The molecule has 4 aromatic rings. The fourth-order valence-corrected chi connectivity index (χ4v) is 3.76. The fourth-order valence-electron chi connectivity index (χ4n) is 2.99. The van der Waals surface area contributed by atoms with E-state index in [1.807, 2.05) is 30.3 Å². The predicted molar refractivity (Wildman–Crippen MR) is 118 cm³/mol. The molecular weight excluding hydrogens is 414 g/mol. The van der Waals surface area contributed by atoms with Gasteiger partial charge in [0, 0.05) is 0 Å². The van der Waals surface area contributed by atoms with Crippen molar-refractivity contribution in [3.05, 3.63) is 72.7 Å². The van der Waals surface area contributed by atoms with Gasteiger partial charge in [0.05, 0.1) is 40.9 Å². The Morgan fingerprint density at radius 2 is 1.84 bits per heavy atom. The lowest BCUT2D eigenvalue weighted by atomic mass is 10.2. The van der Waals surface area contributed by atoms with Gasteiger partial charge in [-0.15, -0.1) is 0 Å². The first-order chi connectivity index (χ1) is 15.2. The fraction of sp³-hybridized carbons (Fsp3) is 0.136. The van der Waals surface area contributed by atoms with E-state index in [9.17, 15) is 9.59 Å². The van der Waals surface area contributed by atoms with E-state index in [0.29, 0.717) is 21.9 Å². The van der Waals surface area contributed by atoms with Gasteiger partial charge in [-0.3, -0.25) is 4.79 Å². The second-order valence-electron chi connectivity index (χ2n) is 6.41. The van der Waals surface area contributed by atoms with E-state index in [4.69, 9.17) is 4.74 Å². The number of carbonyl (C=O) groups is 2. The number of rotatable bonds is 7. The predicted octanol–water partition coefficient (Wildman–Crippen LogP) is 3.72. The van der Waals surface area contributed by atoms with Crippen LogP contribution in [0, 0.1) is 0 Å². The molecule has 0 radical (unpaired) electrons. The molecular formula is C22H19N5O3S. The molecule has 0 fully saturated rings. The third-order valence-electron chi connectivity index (χ3n) is 4.37. The van der Waals surface area contributed by atoms with Gasteiger partial charge in [0.25, 0.3) is 0 Å². The van der Waals surface area contributed by atoms with E-state index < -0.39 is 5.97 Å². The van der Waals surface area contributed by atoms with Crippen LogP contribution in [0.25, 0.3) is 16.7 Å². The first kappa shape index (κ1) is 20.5. The Balaban J connectivity index is 1.49. The number of hydrogen-bond donors (Lipinski definition) is 1. The Kier molecular flexibility index (Phi) is 6.23. The maximum atomic E-state index is 12.5. The topological polar surface area (TPSA) is 99.0 Å². The van der Waals surface area contributed by atoms with Crippen molar-refractivity contribution in [3.63, 3.8) is 0 Å². The molecule has 1 amide bonds. The summed E-state index contributed by atoms with van der Waals surface area (Å²) in [7, 11) is 0. The Labute approximate surface area is 182 Å². The third kappa shape index (κ3) is 4.56. The first-order valence-electron chi connectivity index (χ1n) is 9.60. The number of nitrogens with one attached hydrogen (secondary N) is 1. The molecule has 8 nitrogen and oxygen atoms in total. The van der Waals surface area contributed by atoms with Crippen molar-refractivity contribution < 1.29 is 14.3 Å². The molecule has 0 aliphatic carbocycles. The molecule has 0 unspecified atom stereocenters. The average Bonchev–Trinajstić information content (AvgIpc) is 3.23. The van der Waals surface area contributed by atoms with Gasteiger partial charge in [-0.05, 0) is 31.2 Å². The minimum atomic E-state index is -0.475. The summed E-state index contributed by atoms with van der Waals surface area (Å²) in [4.78, 5) is 33.3. The van der Waals surface area contributed by atoms with Gasteiger partial charge < -0.3 is 10.1 Å². The number of carbonyl (C=O) groups excluding carboxylic acids is 2. The molecule has 2 heterocycles. The SMILES string of the molecule is CCOC(=O)c1ccccc1NC(=O)CSc1ncnc2c1cnn2-c1ccccc1. The number of esters is 1. The largest absolute Gasteiger partial charge is 0.462 e. The van der Waals surface area contributed by atoms with Crippen LogP contribution < -0.4 is 5.32 Å². The summed E-state index contributed by atoms with van der Waals surface area (Å²) in [6, 6.07) is 16.4. The van der Waals surface area contributed by atoms with Crippen LogP contribution in [0.5, 0.6) is 0 Å². The van der Waals surface area contributed by atoms with Crippen molar-refractivity contribution in [2.24, 2.45) is 0 Å². The van der Waals surface area contributed by atoms with Crippen LogP contribution in [0.2, 0.25) is 0 Å². The van der Waals surface area contributed by atoms with Crippen LogP contribution >= 0.6 is 11.8 Å². The minimum Gasteiger partial charge on any atom is -0.462 e. The summed E-state index contributed by atoms with van der Waals surface area (Å²) < 4.78 is 6.78. The number of thioether (sulfide) groups is 1. The highest BCUT2D eigenvalue weighted by atomic mass is 32.2. The number of aromatic nitrogens is 4. The molecule has 9 heteroatoms. The van der Waals surface area contributed by atoms with Crippen molar-refractivity contribution in [2.75, 3.05) is 17.7 Å². The molecule has 0 saturated heterocycles. The van der Waals surface area contributed by atoms with Gasteiger partial charge >= 0.3 is 5.97 Å². The quantitative estimate of drug-likeness (QED) is 0.269. The van der Waals surface area contributed by atoms with E-state index in [-0.39, 0.29) is 18.3 Å². The Morgan fingerprint density at radius 3 is 2.65 bits per heavy atom. The molecule has 0 aliphatic rings. The average molecular weight is 433 g/mol. The standard InChI is InChI=1S/C22H19N5O3S/c1-2-30-22(29)16-10-6-7-11-18(16)26-19(28)13-31-21-17-12-25-27(20(17)23-14-24-21)15-8-4-3-5-9-15/h3-12,14H,2,13H2,1H3,(H,26,28). The van der Waals surface area contributed by atoms with Crippen LogP contribution in [0.4, 0.5) is 5.69 Å². The smallest absolute Gasteiger partial charge is 0.340 e. The molecule has 31 heavy (non-hydrogen) atoms. The minimum absolute atomic E-state index is 0.111. The van der Waals surface area contributed by atoms with Crippen LogP contribution in [-0.4, -0.2) is 44.0 Å². The maximum absolute atomic E-state index is 12.5. The van der Waals surface area contributed by atoms with Crippen molar-refractivity contribution in [1.82, 2.24) is 19.7 Å². The van der Waals surface area contributed by atoms with Gasteiger partial charge in [0.15, 0.2) is 5.65 Å². The number of fused-ring (bicyclic) bond motifs is 1. The zero-order valence-corrected chi connectivity index (χ0v) is 17.5. The molecule has 2 aromatic heterocycles. The third-order valence-corrected chi connectivity index (χ3v) is 5.37. The Morgan fingerprint density at radius 1 is 1.06 bits per heavy atom. The highest BCUT2D eigenvalue weighted by molar-refractivity contribution is 8.00. The van der Waals surface area contributed by atoms with Crippen molar-refractivity contribution in [2.45, 2.75) is 11.9 Å². The zero-order chi connectivity index (χ0) is 21.6. The van der Waals surface area contributed by atoms with E-state index in [1.54, 1.807) is 42.1 Å². The monoisotopic (exact) mass is 433 g/mol. The second-order valence-corrected chi connectivity index (χ2v) is 7.37. The maximum Gasteiger partial charge on any atom is 0.340 e. The summed E-state index contributed by atoms with van der Waals surface area (Å²) >= 11 is 1.28. The van der Waals surface area contributed by atoms with Crippen LogP contribution in [0.1, 0.15) is 17.3 Å². The molecule has 2 aromatic carbocycles. The first-order valence-corrected chi connectivity index (χ1v) is 10.6. The Bertz CT molecular complexity index is 1230. The van der Waals surface area contributed by atoms with Crippen LogP contribution in [-0.2, 0) is 9.53 Å². The summed E-state index contributed by atoms with van der Waals surface area (Å²) in [5, 5.41) is 8.61. The number of para-hydroxylation sites is 2. The number of anilines is 1. The van der Waals surface area contributed by atoms with Gasteiger partial charge in [0.1, 0.15) is 11.4 Å². The molecule has 156 valence electrons. The molecule has 4 rings (SSSR count). The number of benzene rings is 2. The van der Waals surface area contributed by atoms with Crippen molar-refractivity contribution in [1.29, 1.82) is 0 Å². The summed E-state index contributed by atoms with van der Waals surface area (Å²) in [6.45, 7) is 2.00. The molecule has 0 spiro atoms. The van der Waals surface area contributed by atoms with Gasteiger partial charge in [-0.2, -0.15) is 5.10 Å². The van der Waals surface area contributed by atoms with Gasteiger partial charge in [0.2, 0.25) is 5.91 Å². The summed E-state index contributed by atoms with van der Waals surface area (Å²) in [5.74, 6) is -0.624. The molecule has 0 atom stereocenters. The van der Waals surface area contributed by atoms with Crippen molar-refractivity contribution in [3.8, 4) is 5.69 Å². The van der Waals surface area contributed by atoms with E-state index in [2.05, 4.69) is 20.4 Å². The lowest BCUT2D eigenvalue weighted by molar-refractivity contribution is -0.113. The number of hydrogen-bond acceptors (Lipinski definition) is 7. The Hall–Kier alpha value is -3.72. The highest BCUT2D eigenvalue weighted by Crippen LogP contribution is 2.26. The van der Waals surface area contributed by atoms with Crippen molar-refractivity contribution >= 4 is 40.4 Å². The molecule has 0 saturated carbocycles. The molecule has 1 N–H and O–H groups in total. The van der Waals surface area contributed by atoms with Crippen LogP contribution in [0.15, 0.2) is 72.1 Å². The number of amides is 1. The van der Waals surface area contributed by atoms with Gasteiger partial charge in [-0.25, -0.2) is 19.4 Å². The highest BCUT2D eigenvalue weighted by Gasteiger charge is 2.16. The molecule has 0 aliphatic heterocycles. The zero-order valence-electron chi connectivity index (χ0n) is 16.7.